The number of hydrogen-bond acceptors (Lipinski definition) is 0. The van der Waals surface area contributed by atoms with Gasteiger partial charge in [-0.2, -0.15) is 0 Å². The van der Waals surface area contributed by atoms with Crippen molar-refractivity contribution in [3.63, 3.8) is 0 Å². The van der Waals surface area contributed by atoms with E-state index in [1.165, 1.54) is 17.8 Å². The van der Waals surface area contributed by atoms with Gasteiger partial charge < -0.3 is 0 Å². The van der Waals surface area contributed by atoms with Crippen molar-refractivity contribution in [2.45, 2.75) is 26.3 Å². The highest BCUT2D eigenvalue weighted by Crippen LogP contribution is 2.06. The van der Waals surface area contributed by atoms with Gasteiger partial charge in [0, 0.05) is 0 Å². The third-order valence-corrected chi connectivity index (χ3v) is 2.88. The maximum absolute atomic E-state index is 2.34. The van der Waals surface area contributed by atoms with E-state index in [0.717, 1.165) is 13.0 Å². The second kappa shape index (κ2) is 4.97. The summed E-state index contributed by atoms with van der Waals surface area (Å²) in [5.74, 6) is 1.37. The summed E-state index contributed by atoms with van der Waals surface area (Å²) in [6.07, 6.45) is 6.48. The summed E-state index contributed by atoms with van der Waals surface area (Å²) >= 11 is 0. The van der Waals surface area contributed by atoms with Gasteiger partial charge in [0.2, 0.25) is 0 Å². The molecule has 2 rings (SSSR count). The van der Waals surface area contributed by atoms with Crippen molar-refractivity contribution in [1.82, 2.24) is 4.57 Å². The topological polar surface area (TPSA) is 8.81 Å². The Morgan fingerprint density at radius 1 is 1.19 bits per heavy atom. The zero-order valence-corrected chi connectivity index (χ0v) is 10.1. The van der Waals surface area contributed by atoms with Crippen LogP contribution in [0, 0.1) is 0 Å². The molecule has 1 aromatic carbocycles. The Morgan fingerprint density at radius 3 is 2.62 bits per heavy atom. The third kappa shape index (κ3) is 2.32. The first-order valence-electron chi connectivity index (χ1n) is 5.89. The first kappa shape index (κ1) is 10.9. The standard InChI is InChI=1S/C14H19N2/c1-3-9-16-11-10-15(2)14(16)12-13-7-5-4-6-8-13/h4-8,10-11H,3,9,12H2,1-2H3/q+1. The van der Waals surface area contributed by atoms with E-state index in [2.05, 4.69) is 65.8 Å². The normalized spacial score (nSPS) is 10.6. The second-order valence-corrected chi connectivity index (χ2v) is 4.18. The Hall–Kier alpha value is -1.57. The van der Waals surface area contributed by atoms with Gasteiger partial charge in [0.05, 0.1) is 20.0 Å². The highest BCUT2D eigenvalue weighted by atomic mass is 15.1. The fourth-order valence-electron chi connectivity index (χ4n) is 2.00. The number of hydrogen-bond donors (Lipinski definition) is 0. The molecule has 0 bridgehead atoms. The maximum Gasteiger partial charge on any atom is 0.260 e. The molecule has 0 unspecified atom stereocenters. The molecular formula is C14H19N2+. The minimum atomic E-state index is 1.00. The molecule has 1 aromatic heterocycles. The SMILES string of the molecule is CCCn1cc[n+](C)c1Cc1ccccc1. The van der Waals surface area contributed by atoms with Gasteiger partial charge in [-0.05, 0) is 12.0 Å². The number of aryl methyl sites for hydroxylation is 2. The Kier molecular flexibility index (Phi) is 3.40. The molecule has 1 heterocycles. The van der Waals surface area contributed by atoms with Gasteiger partial charge in [0.15, 0.2) is 0 Å². The minimum absolute atomic E-state index is 1.00. The Morgan fingerprint density at radius 2 is 1.94 bits per heavy atom. The fourth-order valence-corrected chi connectivity index (χ4v) is 2.00. The van der Waals surface area contributed by atoms with Crippen molar-refractivity contribution in [3.05, 3.63) is 54.1 Å². The first-order valence-corrected chi connectivity index (χ1v) is 5.89. The summed E-state index contributed by atoms with van der Waals surface area (Å²) in [4.78, 5) is 0. The summed E-state index contributed by atoms with van der Waals surface area (Å²) < 4.78 is 4.55. The molecule has 2 aromatic rings. The van der Waals surface area contributed by atoms with Gasteiger partial charge in [-0.3, -0.25) is 0 Å². The van der Waals surface area contributed by atoms with Crippen LogP contribution in [0.1, 0.15) is 24.7 Å². The largest absolute Gasteiger partial charge is 0.260 e. The molecule has 0 saturated carbocycles. The lowest BCUT2D eigenvalue weighted by molar-refractivity contribution is -0.678. The van der Waals surface area contributed by atoms with Gasteiger partial charge in [-0.25, -0.2) is 9.13 Å². The summed E-state index contributed by atoms with van der Waals surface area (Å²) in [5, 5.41) is 0. The van der Waals surface area contributed by atoms with Crippen LogP contribution in [0.15, 0.2) is 42.7 Å². The van der Waals surface area contributed by atoms with E-state index in [9.17, 15) is 0 Å². The van der Waals surface area contributed by atoms with Crippen LogP contribution in [0.3, 0.4) is 0 Å². The molecule has 0 fully saturated rings. The van der Waals surface area contributed by atoms with E-state index >= 15 is 0 Å². The molecule has 2 nitrogen and oxygen atoms in total. The van der Waals surface area contributed by atoms with Crippen molar-refractivity contribution in [1.29, 1.82) is 0 Å². The van der Waals surface area contributed by atoms with Crippen LogP contribution in [-0.2, 0) is 20.0 Å². The van der Waals surface area contributed by atoms with Crippen molar-refractivity contribution in [3.8, 4) is 0 Å². The lowest BCUT2D eigenvalue weighted by Gasteiger charge is -2.02. The van der Waals surface area contributed by atoms with E-state index in [1.807, 2.05) is 0 Å². The van der Waals surface area contributed by atoms with Crippen molar-refractivity contribution >= 4 is 0 Å². The molecule has 0 aliphatic heterocycles. The van der Waals surface area contributed by atoms with Crippen molar-refractivity contribution in [2.24, 2.45) is 7.05 Å². The van der Waals surface area contributed by atoms with Crippen molar-refractivity contribution < 1.29 is 4.57 Å². The molecule has 16 heavy (non-hydrogen) atoms. The highest BCUT2D eigenvalue weighted by Gasteiger charge is 2.13. The lowest BCUT2D eigenvalue weighted by Crippen LogP contribution is -2.32. The molecular weight excluding hydrogens is 196 g/mol. The molecule has 0 N–H and O–H groups in total. The van der Waals surface area contributed by atoms with E-state index in [0.29, 0.717) is 0 Å². The summed E-state index contributed by atoms with van der Waals surface area (Å²) in [6.45, 7) is 3.31. The van der Waals surface area contributed by atoms with Gasteiger partial charge in [0.1, 0.15) is 12.4 Å². The van der Waals surface area contributed by atoms with Crippen molar-refractivity contribution in [2.75, 3.05) is 0 Å². The molecule has 0 aliphatic carbocycles. The lowest BCUT2D eigenvalue weighted by atomic mass is 10.1. The minimum Gasteiger partial charge on any atom is -0.237 e. The fraction of sp³-hybridized carbons (Fsp3) is 0.357. The quantitative estimate of drug-likeness (QED) is 0.692. The maximum atomic E-state index is 2.34. The summed E-state index contributed by atoms with van der Waals surface area (Å²) in [6, 6.07) is 10.6. The highest BCUT2D eigenvalue weighted by molar-refractivity contribution is 5.17. The predicted molar refractivity (Wildman–Crippen MR) is 65.1 cm³/mol. The number of aromatic nitrogens is 2. The molecule has 0 spiro atoms. The first-order chi connectivity index (χ1) is 7.81. The van der Waals surface area contributed by atoms with E-state index in [-0.39, 0.29) is 0 Å². The van der Waals surface area contributed by atoms with Crippen LogP contribution in [0.25, 0.3) is 0 Å². The van der Waals surface area contributed by atoms with Crippen LogP contribution in [0.4, 0.5) is 0 Å². The van der Waals surface area contributed by atoms with E-state index in [1.54, 1.807) is 0 Å². The molecule has 0 atom stereocenters. The van der Waals surface area contributed by atoms with E-state index in [4.69, 9.17) is 0 Å². The Balaban J connectivity index is 2.23. The summed E-state index contributed by atoms with van der Waals surface area (Å²) in [7, 11) is 2.12. The van der Waals surface area contributed by atoms with E-state index < -0.39 is 0 Å². The predicted octanol–water partition coefficient (Wildman–Crippen LogP) is 2.31. The van der Waals surface area contributed by atoms with Gasteiger partial charge in [-0.15, -0.1) is 0 Å². The molecule has 84 valence electrons. The van der Waals surface area contributed by atoms with Gasteiger partial charge >= 0.3 is 0 Å². The molecule has 2 heteroatoms. The smallest absolute Gasteiger partial charge is 0.237 e. The monoisotopic (exact) mass is 215 g/mol. The number of rotatable bonds is 4. The molecule has 0 saturated heterocycles. The Labute approximate surface area is 97.2 Å². The summed E-state index contributed by atoms with van der Waals surface area (Å²) in [5.41, 5.74) is 1.37. The van der Waals surface area contributed by atoms with Gasteiger partial charge in [0.25, 0.3) is 5.82 Å². The zero-order valence-electron chi connectivity index (χ0n) is 10.1. The van der Waals surface area contributed by atoms with Crippen LogP contribution in [0.5, 0.6) is 0 Å². The Bertz CT molecular complexity index is 443. The number of nitrogens with zero attached hydrogens (tertiary/aromatic N) is 2. The van der Waals surface area contributed by atoms with Crippen LogP contribution < -0.4 is 4.57 Å². The van der Waals surface area contributed by atoms with Gasteiger partial charge in [-0.1, -0.05) is 37.3 Å². The van der Waals surface area contributed by atoms with Crippen LogP contribution in [-0.4, -0.2) is 4.57 Å². The molecule has 0 radical (unpaired) electrons. The third-order valence-electron chi connectivity index (χ3n) is 2.88. The average molecular weight is 215 g/mol. The molecule has 0 aliphatic rings. The molecule has 0 amide bonds. The van der Waals surface area contributed by atoms with Crippen LogP contribution >= 0.6 is 0 Å². The second-order valence-electron chi connectivity index (χ2n) is 4.18. The number of imidazole rings is 1. The zero-order chi connectivity index (χ0) is 11.4. The number of benzene rings is 1. The van der Waals surface area contributed by atoms with Crippen LogP contribution in [0.2, 0.25) is 0 Å². The average Bonchev–Trinajstić information content (AvgIpc) is 2.64.